The molecule has 1 unspecified atom stereocenters. The first kappa shape index (κ1) is 29.5. The zero-order valence-corrected chi connectivity index (χ0v) is 24.3. The molecule has 1 fully saturated rings. The van der Waals surface area contributed by atoms with Gasteiger partial charge in [-0.3, -0.25) is 9.78 Å². The molecule has 11 heteroatoms. The number of aromatic nitrogens is 1. The maximum atomic E-state index is 13.6. The number of nitrogens with zero attached hydrogens (tertiary/aromatic N) is 6. The van der Waals surface area contributed by atoms with Crippen LogP contribution in [-0.4, -0.2) is 69.8 Å². The van der Waals surface area contributed by atoms with E-state index in [9.17, 15) is 19.2 Å². The van der Waals surface area contributed by atoms with E-state index in [4.69, 9.17) is 0 Å². The minimum Gasteiger partial charge on any atom is -0.338 e. The van der Waals surface area contributed by atoms with Crippen LogP contribution in [0.4, 0.5) is 20.6 Å². The monoisotopic (exact) mass is 582 g/mol. The van der Waals surface area contributed by atoms with E-state index in [1.807, 2.05) is 46.3 Å². The minimum absolute atomic E-state index is 0.0704. The van der Waals surface area contributed by atoms with Crippen molar-refractivity contribution in [1.29, 1.82) is 5.26 Å². The Morgan fingerprint density at radius 2 is 1.86 bits per heavy atom. The summed E-state index contributed by atoms with van der Waals surface area (Å²) >= 11 is 0. The van der Waals surface area contributed by atoms with Crippen LogP contribution in [0.1, 0.15) is 30.5 Å². The maximum Gasteiger partial charge on any atom is 0.321 e. The van der Waals surface area contributed by atoms with Gasteiger partial charge in [0, 0.05) is 56.5 Å². The van der Waals surface area contributed by atoms with Crippen LogP contribution >= 0.6 is 0 Å². The summed E-state index contributed by atoms with van der Waals surface area (Å²) in [6, 6.07) is 15.0. The fourth-order valence-corrected chi connectivity index (χ4v) is 5.66. The second-order valence-electron chi connectivity index (χ2n) is 11.1. The molecule has 0 saturated carbocycles. The molecule has 0 aliphatic carbocycles. The number of amides is 3. The summed E-state index contributed by atoms with van der Waals surface area (Å²) in [6.07, 6.45) is 6.32. The molecule has 1 atom stereocenters. The number of fused-ring (bicyclic) bond motifs is 1. The highest BCUT2D eigenvalue weighted by Gasteiger charge is 2.34. The fraction of sp³-hybridized carbons (Fsp3) is 0.344. The summed E-state index contributed by atoms with van der Waals surface area (Å²) in [5, 5.41) is 15.8. The van der Waals surface area contributed by atoms with Crippen molar-refractivity contribution in [2.24, 2.45) is 10.9 Å². The molecule has 3 heterocycles. The highest BCUT2D eigenvalue weighted by molar-refractivity contribution is 5.96. The molecule has 1 aromatic heterocycles. The van der Waals surface area contributed by atoms with Crippen molar-refractivity contribution in [2.75, 3.05) is 36.8 Å². The predicted molar refractivity (Wildman–Crippen MR) is 162 cm³/mol. The molecular formula is C32H35FN8O2. The van der Waals surface area contributed by atoms with Crippen molar-refractivity contribution in [1.82, 2.24) is 19.7 Å². The number of hydrogen-bond acceptors (Lipinski definition) is 5. The number of anilines is 2. The van der Waals surface area contributed by atoms with Crippen molar-refractivity contribution in [3.05, 3.63) is 89.5 Å². The van der Waals surface area contributed by atoms with E-state index in [0.29, 0.717) is 57.2 Å². The van der Waals surface area contributed by atoms with Crippen molar-refractivity contribution < 1.29 is 14.0 Å². The number of benzene rings is 2. The predicted octanol–water partition coefficient (Wildman–Crippen LogP) is 4.47. The van der Waals surface area contributed by atoms with E-state index in [-0.39, 0.29) is 23.9 Å². The molecule has 1 saturated heterocycles. The van der Waals surface area contributed by atoms with Gasteiger partial charge in [0.2, 0.25) is 18.1 Å². The van der Waals surface area contributed by atoms with Gasteiger partial charge in [0.1, 0.15) is 5.82 Å². The highest BCUT2D eigenvalue weighted by atomic mass is 19.1. The number of hydrogen-bond donors (Lipinski definition) is 2. The lowest BCUT2D eigenvalue weighted by molar-refractivity contribution is -0.131. The number of rotatable bonds is 5. The number of nitriles is 1. The van der Waals surface area contributed by atoms with E-state index >= 15 is 0 Å². The fourth-order valence-electron chi connectivity index (χ4n) is 5.66. The van der Waals surface area contributed by atoms with E-state index in [1.54, 1.807) is 29.4 Å². The van der Waals surface area contributed by atoms with Crippen molar-refractivity contribution in [3.8, 4) is 6.19 Å². The lowest BCUT2D eigenvalue weighted by Gasteiger charge is -2.44. The van der Waals surface area contributed by atoms with Gasteiger partial charge in [0.25, 0.3) is 0 Å². The van der Waals surface area contributed by atoms with Gasteiger partial charge in [-0.15, -0.1) is 4.99 Å². The second-order valence-corrected chi connectivity index (χ2v) is 11.1. The number of pyridine rings is 1. The summed E-state index contributed by atoms with van der Waals surface area (Å²) in [7, 11) is 0. The Hall–Kier alpha value is -4.98. The SMILES string of the molecule is CC(C)C1CN(C(=O)Nc2cccc(F)c2)CCN1/C(=N\C#N)Nc1cccc2c1CCN(C(=O)Cc1ccncc1)C2. The number of nitrogens with one attached hydrogen (secondary N) is 2. The number of piperazine rings is 1. The third-order valence-electron chi connectivity index (χ3n) is 7.95. The highest BCUT2D eigenvalue weighted by Crippen LogP contribution is 2.28. The molecule has 2 aromatic carbocycles. The van der Waals surface area contributed by atoms with E-state index in [2.05, 4.69) is 34.5 Å². The van der Waals surface area contributed by atoms with Gasteiger partial charge >= 0.3 is 6.03 Å². The molecule has 3 aromatic rings. The molecule has 0 radical (unpaired) electrons. The Balaban J connectivity index is 1.28. The first-order valence-electron chi connectivity index (χ1n) is 14.4. The van der Waals surface area contributed by atoms with Gasteiger partial charge in [-0.05, 0) is 65.4 Å². The van der Waals surface area contributed by atoms with Gasteiger partial charge in [-0.1, -0.05) is 32.0 Å². The maximum absolute atomic E-state index is 13.6. The lowest BCUT2D eigenvalue weighted by Crippen LogP contribution is -2.60. The van der Waals surface area contributed by atoms with Crippen LogP contribution < -0.4 is 10.6 Å². The molecular weight excluding hydrogens is 547 g/mol. The first-order valence-corrected chi connectivity index (χ1v) is 14.4. The summed E-state index contributed by atoms with van der Waals surface area (Å²) in [6.45, 7) is 6.50. The van der Waals surface area contributed by atoms with Gasteiger partial charge in [0.05, 0.1) is 12.5 Å². The van der Waals surface area contributed by atoms with Crippen LogP contribution in [0.25, 0.3) is 0 Å². The number of guanidine groups is 1. The van der Waals surface area contributed by atoms with Gasteiger partial charge in [0.15, 0.2) is 0 Å². The van der Waals surface area contributed by atoms with Gasteiger partial charge in [-0.2, -0.15) is 5.26 Å². The Labute approximate surface area is 250 Å². The van der Waals surface area contributed by atoms with Crippen molar-refractivity contribution >= 4 is 29.3 Å². The van der Waals surface area contributed by atoms with Crippen LogP contribution in [0.15, 0.2) is 72.0 Å². The van der Waals surface area contributed by atoms with Crippen LogP contribution in [0.2, 0.25) is 0 Å². The molecule has 43 heavy (non-hydrogen) atoms. The quantitative estimate of drug-likeness (QED) is 0.261. The molecule has 3 amide bonds. The van der Waals surface area contributed by atoms with Crippen LogP contribution in [0, 0.1) is 23.2 Å². The Bertz CT molecular complexity index is 1540. The summed E-state index contributed by atoms with van der Waals surface area (Å²) in [4.78, 5) is 39.8. The van der Waals surface area contributed by atoms with Crippen LogP contribution in [-0.2, 0) is 24.2 Å². The minimum atomic E-state index is -0.418. The Kier molecular flexibility index (Phi) is 9.15. The molecule has 0 spiro atoms. The topological polar surface area (TPSA) is 117 Å². The normalized spacial score (nSPS) is 16.9. The first-order chi connectivity index (χ1) is 20.8. The summed E-state index contributed by atoms with van der Waals surface area (Å²) in [5.41, 5.74) is 4.32. The molecule has 10 nitrogen and oxygen atoms in total. The van der Waals surface area contributed by atoms with Gasteiger partial charge < -0.3 is 25.3 Å². The third kappa shape index (κ3) is 7.09. The van der Waals surface area contributed by atoms with E-state index in [1.165, 1.54) is 12.1 Å². The largest absolute Gasteiger partial charge is 0.338 e. The molecule has 2 aliphatic rings. The molecule has 2 N–H and O–H groups in total. The third-order valence-corrected chi connectivity index (χ3v) is 7.95. The zero-order chi connectivity index (χ0) is 30.3. The smallest absolute Gasteiger partial charge is 0.321 e. The number of carbonyl (C=O) groups excluding carboxylic acids is 2. The standard InChI is InChI=1S/C32H35FN8O2/c1-22(2)29-20-40(32(43)37-26-7-4-6-25(33)18-26)15-16-41(29)31(36-21-34)38-28-8-3-5-24-19-39(14-11-27(24)28)30(42)17-23-9-12-35-13-10-23/h3-10,12-13,18,22,29H,11,14-17,19-20H2,1-2H3,(H,36,38)(H,37,43). The van der Waals surface area contributed by atoms with Crippen LogP contribution in [0.5, 0.6) is 0 Å². The zero-order valence-electron chi connectivity index (χ0n) is 24.3. The molecule has 5 rings (SSSR count). The molecule has 2 aliphatic heterocycles. The van der Waals surface area contributed by atoms with Crippen molar-refractivity contribution in [2.45, 2.75) is 39.3 Å². The summed E-state index contributed by atoms with van der Waals surface area (Å²) < 4.78 is 13.6. The van der Waals surface area contributed by atoms with E-state index < -0.39 is 5.82 Å². The van der Waals surface area contributed by atoms with Gasteiger partial charge in [-0.25, -0.2) is 9.18 Å². The average molecular weight is 583 g/mol. The van der Waals surface area contributed by atoms with E-state index in [0.717, 1.165) is 22.4 Å². The summed E-state index contributed by atoms with van der Waals surface area (Å²) in [5.74, 6) is 0.218. The molecule has 222 valence electrons. The number of aliphatic imine (C=N–C) groups is 1. The number of urea groups is 1. The second kappa shape index (κ2) is 13.3. The lowest BCUT2D eigenvalue weighted by atomic mass is 9.97. The Morgan fingerprint density at radius 3 is 2.60 bits per heavy atom. The number of carbonyl (C=O) groups is 2. The molecule has 0 bridgehead atoms. The Morgan fingerprint density at radius 1 is 1.07 bits per heavy atom. The number of halogens is 1. The van der Waals surface area contributed by atoms with Crippen LogP contribution in [0.3, 0.4) is 0 Å². The average Bonchev–Trinajstić information content (AvgIpc) is 3.01. The van der Waals surface area contributed by atoms with Crippen molar-refractivity contribution in [3.63, 3.8) is 0 Å².